The molecule has 0 atom stereocenters. The molecule has 8 N–H and O–H groups in total. The number of aromatic nitrogens is 4. The standard InChI is InChI=1S/C70H42N12O8/c1-5-39-14-9-20-47(24-39)71-67(83)75-51-29-45(30-52(33-51)76-68(84)72-48-21-10-15-40(6-2)25-48)65-81-57-37-59-55(35-61(57)89-65)79-63(87-59)43-18-13-19-44(28-43)64-80-56-36-62-58(38-60(56)88-64)82-66(90-62)46-31-53(77-69(85)73-49-22-11-16-41(7-3)26-49)34-54(32-46)78-70(86)74-50-23-12-17-42(8-4)27-50/h1-4,9-38H,(H2,71,75,83)(H2,72,76,84)(H2,73,77,85)(H2,74,78,86). The SMILES string of the molecule is C#Cc1cccc(NC(=O)Nc2cc(NC(=O)Nc3cccc(C#C)c3)cc(-c3nc4cc5oc(-c6cccc(-c7nc8cc9oc(-c%10cc(NC(=O)Nc%11cccc(C#C)c%11)cc(NC(=O)Nc%11cccc(C#C)c%11)c%10)nc9cc8o7)c6)nc5cc4o3)c2)c1. The van der Waals surface area contributed by atoms with Gasteiger partial charge in [0.1, 0.15) is 22.1 Å². The fourth-order valence-electron chi connectivity index (χ4n) is 9.69. The molecule has 0 radical (unpaired) electrons. The van der Waals surface area contributed by atoms with Crippen LogP contribution in [0.25, 0.3) is 90.2 Å². The maximum absolute atomic E-state index is 13.3. The number of nitrogens with one attached hydrogen (secondary N) is 8. The summed E-state index contributed by atoms with van der Waals surface area (Å²) in [6.07, 6.45) is 22.3. The molecule has 9 aromatic carbocycles. The Morgan fingerprint density at radius 1 is 0.278 bits per heavy atom. The van der Waals surface area contributed by atoms with Crippen LogP contribution < -0.4 is 42.5 Å². The fraction of sp³-hybridized carbons (Fsp3) is 0. The Hall–Kier alpha value is -13.8. The van der Waals surface area contributed by atoms with E-state index in [-0.39, 0.29) is 11.8 Å². The first-order chi connectivity index (χ1) is 43.8. The van der Waals surface area contributed by atoms with E-state index in [0.29, 0.717) is 146 Å². The minimum Gasteiger partial charge on any atom is -0.436 e. The van der Waals surface area contributed by atoms with Gasteiger partial charge in [0.15, 0.2) is 22.3 Å². The maximum atomic E-state index is 13.3. The molecule has 8 amide bonds. The van der Waals surface area contributed by atoms with Crippen molar-refractivity contribution in [1.29, 1.82) is 0 Å². The number of anilines is 8. The third-order valence-corrected chi connectivity index (χ3v) is 13.7. The predicted molar refractivity (Wildman–Crippen MR) is 347 cm³/mol. The molecule has 0 aliphatic rings. The number of urea groups is 4. The number of rotatable bonds is 12. The van der Waals surface area contributed by atoms with Crippen LogP contribution in [0.3, 0.4) is 0 Å². The van der Waals surface area contributed by atoms with E-state index in [1.807, 2.05) is 24.3 Å². The summed E-state index contributed by atoms with van der Waals surface area (Å²) in [7, 11) is 0. The van der Waals surface area contributed by atoms with Gasteiger partial charge in [0.05, 0.1) is 0 Å². The van der Waals surface area contributed by atoms with E-state index in [4.69, 9.17) is 63.3 Å². The number of amides is 8. The highest BCUT2D eigenvalue weighted by molar-refractivity contribution is 6.05. The molecule has 13 aromatic rings. The molecular weight excluding hydrogens is 1140 g/mol. The van der Waals surface area contributed by atoms with Gasteiger partial charge in [-0.1, -0.05) is 54.0 Å². The van der Waals surface area contributed by atoms with Gasteiger partial charge in [-0.15, -0.1) is 25.7 Å². The minimum absolute atomic E-state index is 0.171. The van der Waals surface area contributed by atoms with Crippen LogP contribution in [0, 0.1) is 49.4 Å². The van der Waals surface area contributed by atoms with Gasteiger partial charge >= 0.3 is 24.1 Å². The van der Waals surface area contributed by atoms with Gasteiger partial charge in [-0.2, -0.15) is 0 Å². The van der Waals surface area contributed by atoms with Crippen LogP contribution in [0.1, 0.15) is 22.3 Å². The molecule has 430 valence electrons. The molecule has 0 saturated carbocycles. The molecule has 0 aliphatic carbocycles. The van der Waals surface area contributed by atoms with Crippen molar-refractivity contribution in [2.75, 3.05) is 42.5 Å². The second-order valence-corrected chi connectivity index (χ2v) is 20.0. The summed E-state index contributed by atoms with van der Waals surface area (Å²) in [5.74, 6) is 11.1. The number of benzene rings is 9. The molecule has 0 bridgehead atoms. The van der Waals surface area contributed by atoms with Gasteiger partial charge in [0, 0.05) is 114 Å². The van der Waals surface area contributed by atoms with Gasteiger partial charge in [-0.3, -0.25) is 0 Å². The van der Waals surface area contributed by atoms with Gasteiger partial charge in [0.25, 0.3) is 0 Å². The zero-order chi connectivity index (χ0) is 61.8. The van der Waals surface area contributed by atoms with Crippen LogP contribution in [0.2, 0.25) is 0 Å². The second-order valence-electron chi connectivity index (χ2n) is 20.0. The molecule has 0 unspecified atom stereocenters. The smallest absolute Gasteiger partial charge is 0.323 e. The molecule has 20 nitrogen and oxygen atoms in total. The lowest BCUT2D eigenvalue weighted by atomic mass is 10.1. The van der Waals surface area contributed by atoms with E-state index >= 15 is 0 Å². The first kappa shape index (κ1) is 55.4. The summed E-state index contributed by atoms with van der Waals surface area (Å²) in [6.45, 7) is 0. The van der Waals surface area contributed by atoms with E-state index < -0.39 is 24.1 Å². The van der Waals surface area contributed by atoms with E-state index in [9.17, 15) is 19.2 Å². The summed E-state index contributed by atoms with van der Waals surface area (Å²) in [5, 5.41) is 22.4. The molecule has 4 aromatic heterocycles. The number of oxazole rings is 4. The van der Waals surface area contributed by atoms with Crippen molar-refractivity contribution < 1.29 is 36.8 Å². The molecule has 0 fully saturated rings. The van der Waals surface area contributed by atoms with E-state index in [2.05, 4.69) is 66.2 Å². The lowest BCUT2D eigenvalue weighted by molar-refractivity contribution is 0.261. The number of hydrogen-bond acceptors (Lipinski definition) is 12. The highest BCUT2D eigenvalue weighted by atomic mass is 16.4. The minimum atomic E-state index is -0.574. The van der Waals surface area contributed by atoms with Crippen LogP contribution >= 0.6 is 0 Å². The van der Waals surface area contributed by atoms with Crippen molar-refractivity contribution in [1.82, 2.24) is 19.9 Å². The van der Waals surface area contributed by atoms with Crippen molar-refractivity contribution in [2.45, 2.75) is 0 Å². The summed E-state index contributed by atoms with van der Waals surface area (Å²) < 4.78 is 25.3. The molecule has 0 saturated heterocycles. The van der Waals surface area contributed by atoms with Crippen molar-refractivity contribution in [3.8, 4) is 95.2 Å². The molecule has 0 aliphatic heterocycles. The highest BCUT2D eigenvalue weighted by Crippen LogP contribution is 2.37. The van der Waals surface area contributed by atoms with Crippen LogP contribution in [-0.2, 0) is 0 Å². The summed E-state index contributed by atoms with van der Waals surface area (Å²) in [5.41, 5.74) is 11.0. The zero-order valence-electron chi connectivity index (χ0n) is 46.7. The quantitative estimate of drug-likeness (QED) is 0.0531. The van der Waals surface area contributed by atoms with Crippen molar-refractivity contribution in [2.24, 2.45) is 0 Å². The van der Waals surface area contributed by atoms with Crippen LogP contribution in [0.4, 0.5) is 64.7 Å². The summed E-state index contributed by atoms with van der Waals surface area (Å²) in [6, 6.07) is 48.9. The number of terminal acetylenes is 4. The van der Waals surface area contributed by atoms with E-state index in [0.717, 1.165) is 0 Å². The third kappa shape index (κ3) is 12.2. The normalized spacial score (nSPS) is 10.8. The summed E-state index contributed by atoms with van der Waals surface area (Å²) in [4.78, 5) is 72.4. The monoisotopic (exact) mass is 1180 g/mol. The Balaban J connectivity index is 0.744. The molecular formula is C70H42N12O8. The third-order valence-electron chi connectivity index (χ3n) is 13.7. The average Bonchev–Trinajstić information content (AvgIpc) is 1.66. The second kappa shape index (κ2) is 23.7. The zero-order valence-corrected chi connectivity index (χ0v) is 46.7. The predicted octanol–water partition coefficient (Wildman–Crippen LogP) is 15.4. The van der Waals surface area contributed by atoms with Crippen molar-refractivity contribution >= 4 is 114 Å². The molecule has 90 heavy (non-hydrogen) atoms. The lowest BCUT2D eigenvalue weighted by Gasteiger charge is -2.13. The maximum Gasteiger partial charge on any atom is 0.323 e. The Morgan fingerprint density at radius 2 is 0.522 bits per heavy atom. The number of nitrogens with zero attached hydrogens (tertiary/aromatic N) is 4. The molecule has 4 heterocycles. The summed E-state index contributed by atoms with van der Waals surface area (Å²) >= 11 is 0. The first-order valence-electron chi connectivity index (χ1n) is 27.3. The average molecular weight is 1180 g/mol. The van der Waals surface area contributed by atoms with Gasteiger partial charge in [0.2, 0.25) is 23.6 Å². The van der Waals surface area contributed by atoms with Crippen molar-refractivity contribution in [3.05, 3.63) is 204 Å². The van der Waals surface area contributed by atoms with Gasteiger partial charge in [-0.25, -0.2) is 39.1 Å². The first-order valence-corrected chi connectivity index (χ1v) is 27.3. The largest absolute Gasteiger partial charge is 0.436 e. The number of hydrogen-bond donors (Lipinski definition) is 8. The van der Waals surface area contributed by atoms with Crippen LogP contribution in [0.15, 0.2) is 200 Å². The van der Waals surface area contributed by atoms with Crippen LogP contribution in [-0.4, -0.2) is 44.1 Å². The Bertz CT molecular complexity index is 4670. The van der Waals surface area contributed by atoms with Gasteiger partial charge < -0.3 is 60.2 Å². The lowest BCUT2D eigenvalue weighted by Crippen LogP contribution is -2.21. The van der Waals surface area contributed by atoms with Gasteiger partial charge in [-0.05, 0) is 127 Å². The fourth-order valence-corrected chi connectivity index (χ4v) is 9.69. The van der Waals surface area contributed by atoms with Crippen LogP contribution in [0.5, 0.6) is 0 Å². The number of fused-ring (bicyclic) bond motifs is 4. The molecule has 0 spiro atoms. The Morgan fingerprint density at radius 3 is 0.789 bits per heavy atom. The molecule has 20 heteroatoms. The van der Waals surface area contributed by atoms with Crippen molar-refractivity contribution in [3.63, 3.8) is 0 Å². The number of carbonyl (C=O) groups excluding carboxylic acids is 4. The number of carbonyl (C=O) groups is 4. The topological polar surface area (TPSA) is 269 Å². The Labute approximate surface area is 510 Å². The molecule has 13 rings (SSSR count). The Kier molecular flexibility index (Phi) is 14.6. The van der Waals surface area contributed by atoms with E-state index in [1.54, 1.807) is 158 Å². The highest BCUT2D eigenvalue weighted by Gasteiger charge is 2.21. The van der Waals surface area contributed by atoms with E-state index in [1.165, 1.54) is 0 Å².